The average Bonchev–Trinajstić information content (AvgIpc) is 2.65. The van der Waals surface area contributed by atoms with Gasteiger partial charge in [0.25, 0.3) is 0 Å². The molecule has 0 amide bonds. The smallest absolute Gasteiger partial charge is 0.166 e. The lowest BCUT2D eigenvalue weighted by atomic mass is 10.1. The molecular weight excluding hydrogens is 334 g/mol. The quantitative estimate of drug-likeness (QED) is 0.277. The zero-order chi connectivity index (χ0) is 17.5. The molecule has 0 heterocycles. The molecule has 0 aliphatic carbocycles. The van der Waals surface area contributed by atoms with E-state index in [1.807, 2.05) is 61.5 Å². The molecule has 0 aliphatic rings. The molecule has 4 nitrogen and oxygen atoms in total. The average molecular weight is 351 g/mol. The first-order valence-corrected chi connectivity index (χ1v) is 8.45. The second-order valence-corrected chi connectivity index (χ2v) is 6.09. The van der Waals surface area contributed by atoms with E-state index in [1.165, 1.54) is 0 Å². The standard InChI is InChI=1S/C20H17NO3S/c1-15-12-19(25-24-23-18-10-6-3-7-11-18)13-16(20(15)22)14-21-17-8-4-2-5-9-17/h2-14,22H,1H3. The first kappa shape index (κ1) is 17.1. The third-order valence-electron chi connectivity index (χ3n) is 3.42. The Morgan fingerprint density at radius 1 is 0.960 bits per heavy atom. The molecule has 25 heavy (non-hydrogen) atoms. The fraction of sp³-hybridized carbons (Fsp3) is 0.0500. The van der Waals surface area contributed by atoms with Crippen LogP contribution in [0.3, 0.4) is 0 Å². The molecule has 126 valence electrons. The van der Waals surface area contributed by atoms with Gasteiger partial charge in [0.1, 0.15) is 5.75 Å². The third kappa shape index (κ3) is 4.86. The van der Waals surface area contributed by atoms with Crippen LogP contribution in [-0.4, -0.2) is 11.3 Å². The van der Waals surface area contributed by atoms with Gasteiger partial charge in [-0.05, 0) is 48.9 Å². The van der Waals surface area contributed by atoms with Gasteiger partial charge in [-0.15, -0.1) is 4.33 Å². The summed E-state index contributed by atoms with van der Waals surface area (Å²) in [4.78, 5) is 10.4. The van der Waals surface area contributed by atoms with Gasteiger partial charge < -0.3 is 9.99 Å². The molecule has 3 aromatic carbocycles. The number of rotatable bonds is 6. The summed E-state index contributed by atoms with van der Waals surface area (Å²) in [6, 6.07) is 22.4. The Hall–Kier alpha value is -2.76. The molecule has 3 rings (SSSR count). The number of phenolic OH excluding ortho intramolecular Hbond substituents is 1. The van der Waals surface area contributed by atoms with Crippen molar-refractivity contribution in [3.63, 3.8) is 0 Å². The lowest BCUT2D eigenvalue weighted by molar-refractivity contribution is -0.0777. The fourth-order valence-corrected chi connectivity index (χ4v) is 2.74. The zero-order valence-electron chi connectivity index (χ0n) is 13.6. The van der Waals surface area contributed by atoms with Crippen LogP contribution < -0.4 is 4.89 Å². The monoisotopic (exact) mass is 351 g/mol. The van der Waals surface area contributed by atoms with E-state index in [1.54, 1.807) is 24.4 Å². The second kappa shape index (κ2) is 8.37. The van der Waals surface area contributed by atoms with Crippen LogP contribution in [0.5, 0.6) is 11.5 Å². The number of aryl methyl sites for hydroxylation is 1. The van der Waals surface area contributed by atoms with Crippen LogP contribution in [0.1, 0.15) is 11.1 Å². The van der Waals surface area contributed by atoms with Crippen LogP contribution in [0.15, 0.2) is 82.7 Å². The van der Waals surface area contributed by atoms with Crippen molar-refractivity contribution < 1.29 is 14.3 Å². The predicted octanol–water partition coefficient (Wildman–Crippen LogP) is 5.47. The number of nitrogens with zero attached hydrogens (tertiary/aromatic N) is 1. The van der Waals surface area contributed by atoms with Gasteiger partial charge in [0, 0.05) is 16.7 Å². The molecule has 1 N–H and O–H groups in total. The Morgan fingerprint density at radius 2 is 1.64 bits per heavy atom. The van der Waals surface area contributed by atoms with E-state index >= 15 is 0 Å². The number of phenols is 1. The highest BCUT2D eigenvalue weighted by molar-refractivity contribution is 7.94. The Balaban J connectivity index is 1.70. The van der Waals surface area contributed by atoms with Crippen LogP contribution in [0.2, 0.25) is 0 Å². The lowest BCUT2D eigenvalue weighted by Gasteiger charge is -2.07. The van der Waals surface area contributed by atoms with E-state index < -0.39 is 0 Å². The maximum atomic E-state index is 10.2. The molecule has 5 heteroatoms. The minimum absolute atomic E-state index is 0.202. The van der Waals surface area contributed by atoms with Crippen LogP contribution in [0.4, 0.5) is 5.69 Å². The molecule has 0 saturated heterocycles. The molecule has 0 atom stereocenters. The van der Waals surface area contributed by atoms with E-state index in [9.17, 15) is 5.11 Å². The molecule has 0 unspecified atom stereocenters. The van der Waals surface area contributed by atoms with Gasteiger partial charge in [-0.25, -0.2) is 0 Å². The summed E-state index contributed by atoms with van der Waals surface area (Å²) in [5.74, 6) is 0.823. The number of hydrogen-bond donors (Lipinski definition) is 1. The van der Waals surface area contributed by atoms with Crippen molar-refractivity contribution in [1.82, 2.24) is 0 Å². The molecule has 0 fully saturated rings. The van der Waals surface area contributed by atoms with E-state index in [0.717, 1.165) is 28.2 Å². The van der Waals surface area contributed by atoms with E-state index in [2.05, 4.69) is 4.99 Å². The summed E-state index contributed by atoms with van der Waals surface area (Å²) in [6.07, 6.45) is 1.64. The van der Waals surface area contributed by atoms with Gasteiger partial charge in [0.05, 0.1) is 17.7 Å². The number of benzene rings is 3. The van der Waals surface area contributed by atoms with Gasteiger partial charge in [-0.2, -0.15) is 0 Å². The fourth-order valence-electron chi connectivity index (χ4n) is 2.15. The summed E-state index contributed by atoms with van der Waals surface area (Å²) in [5, 5.41) is 10.2. The Labute approximate surface area is 150 Å². The first-order valence-electron chi connectivity index (χ1n) is 7.71. The molecular formula is C20H17NO3S. The summed E-state index contributed by atoms with van der Waals surface area (Å²) >= 11 is 1.08. The number of hydrogen-bond acceptors (Lipinski definition) is 5. The van der Waals surface area contributed by atoms with Crippen LogP contribution in [0.25, 0.3) is 0 Å². The molecule has 0 saturated carbocycles. The van der Waals surface area contributed by atoms with Crippen molar-refractivity contribution in [3.8, 4) is 11.5 Å². The third-order valence-corrected chi connectivity index (χ3v) is 3.98. The zero-order valence-corrected chi connectivity index (χ0v) is 14.4. The summed E-state index contributed by atoms with van der Waals surface area (Å²) in [5.41, 5.74) is 2.18. The summed E-state index contributed by atoms with van der Waals surface area (Å²) in [6.45, 7) is 1.83. The predicted molar refractivity (Wildman–Crippen MR) is 101 cm³/mol. The van der Waals surface area contributed by atoms with Gasteiger partial charge in [-0.3, -0.25) is 4.99 Å². The van der Waals surface area contributed by atoms with E-state index in [4.69, 9.17) is 9.22 Å². The van der Waals surface area contributed by atoms with Crippen molar-refractivity contribution in [2.24, 2.45) is 4.99 Å². The van der Waals surface area contributed by atoms with Crippen LogP contribution in [0, 0.1) is 6.92 Å². The number of para-hydroxylation sites is 2. The van der Waals surface area contributed by atoms with E-state index in [0.29, 0.717) is 11.3 Å². The molecule has 0 bridgehead atoms. The van der Waals surface area contributed by atoms with Crippen molar-refractivity contribution in [3.05, 3.63) is 83.9 Å². The Morgan fingerprint density at radius 3 is 2.36 bits per heavy atom. The normalized spacial score (nSPS) is 10.9. The topological polar surface area (TPSA) is 51.0 Å². The molecule has 0 aliphatic heterocycles. The van der Waals surface area contributed by atoms with Crippen LogP contribution in [-0.2, 0) is 4.33 Å². The Bertz CT molecular complexity index is 852. The minimum atomic E-state index is 0.202. The lowest BCUT2D eigenvalue weighted by Crippen LogP contribution is -1.91. The van der Waals surface area contributed by atoms with Gasteiger partial charge in [0.2, 0.25) is 0 Å². The number of aliphatic imine (C=N–C) groups is 1. The van der Waals surface area contributed by atoms with Gasteiger partial charge in [-0.1, -0.05) is 36.4 Å². The maximum Gasteiger partial charge on any atom is 0.166 e. The van der Waals surface area contributed by atoms with Gasteiger partial charge in [0.15, 0.2) is 5.75 Å². The molecule has 3 aromatic rings. The van der Waals surface area contributed by atoms with Crippen LogP contribution >= 0.6 is 12.0 Å². The second-order valence-electron chi connectivity index (χ2n) is 5.32. The Kier molecular flexibility index (Phi) is 5.72. The molecule has 0 spiro atoms. The largest absolute Gasteiger partial charge is 0.507 e. The first-order chi connectivity index (χ1) is 12.2. The highest BCUT2D eigenvalue weighted by Gasteiger charge is 2.07. The molecule has 0 aromatic heterocycles. The van der Waals surface area contributed by atoms with Crippen molar-refractivity contribution in [2.75, 3.05) is 0 Å². The summed E-state index contributed by atoms with van der Waals surface area (Å²) in [7, 11) is 0. The van der Waals surface area contributed by atoms with Crippen molar-refractivity contribution in [1.29, 1.82) is 0 Å². The highest BCUT2D eigenvalue weighted by atomic mass is 32.2. The molecule has 0 radical (unpaired) electrons. The number of aromatic hydroxyl groups is 1. The van der Waals surface area contributed by atoms with E-state index in [-0.39, 0.29) is 5.75 Å². The van der Waals surface area contributed by atoms with Crippen molar-refractivity contribution >= 4 is 23.9 Å². The van der Waals surface area contributed by atoms with Crippen molar-refractivity contribution in [2.45, 2.75) is 11.8 Å². The summed E-state index contributed by atoms with van der Waals surface area (Å²) < 4.78 is 5.21. The SMILES string of the molecule is Cc1cc(SOOc2ccccc2)cc(C=Nc2ccccc2)c1O. The minimum Gasteiger partial charge on any atom is -0.507 e. The van der Waals surface area contributed by atoms with Gasteiger partial charge >= 0.3 is 0 Å². The maximum absolute atomic E-state index is 10.2. The highest BCUT2D eigenvalue weighted by Crippen LogP contribution is 2.29.